The molecule has 3 aromatic carbocycles. The summed E-state index contributed by atoms with van der Waals surface area (Å²) < 4.78 is 7.15. The fraction of sp³-hybridized carbons (Fsp3) is 0.233. The van der Waals surface area contributed by atoms with Gasteiger partial charge in [0.1, 0.15) is 18.1 Å². The first-order chi connectivity index (χ1) is 17.9. The van der Waals surface area contributed by atoms with E-state index in [2.05, 4.69) is 5.32 Å². The summed E-state index contributed by atoms with van der Waals surface area (Å²) in [6, 6.07) is 24.8. The molecule has 0 aliphatic carbocycles. The van der Waals surface area contributed by atoms with E-state index >= 15 is 0 Å². The summed E-state index contributed by atoms with van der Waals surface area (Å²) in [4.78, 5) is 28.4. The van der Waals surface area contributed by atoms with Crippen LogP contribution < -0.4 is 10.1 Å². The number of carbonyl (C=O) groups excluding carboxylic acids is 2. The van der Waals surface area contributed by atoms with Gasteiger partial charge in [-0.05, 0) is 49.6 Å². The number of methoxy groups -OCH3 is 1. The SMILES string of the molecule is CCCN(CC(=O)Nc1c(-c2ccccc2)c(C)nn1-c1ccccc1C)C(=O)c1ccccc1OC. The first kappa shape index (κ1) is 25.7. The van der Waals surface area contributed by atoms with Gasteiger partial charge in [0.2, 0.25) is 5.91 Å². The fourth-order valence-electron chi connectivity index (χ4n) is 4.43. The first-order valence-electron chi connectivity index (χ1n) is 12.4. The zero-order chi connectivity index (χ0) is 26.4. The molecule has 0 unspecified atom stereocenters. The Bertz CT molecular complexity index is 1400. The Hall–Kier alpha value is -4.39. The molecule has 1 heterocycles. The van der Waals surface area contributed by atoms with Crippen molar-refractivity contribution in [3.63, 3.8) is 0 Å². The molecule has 4 rings (SSSR count). The van der Waals surface area contributed by atoms with E-state index in [-0.39, 0.29) is 18.4 Å². The molecule has 37 heavy (non-hydrogen) atoms. The van der Waals surface area contributed by atoms with Crippen LogP contribution in [0.15, 0.2) is 78.9 Å². The molecule has 4 aromatic rings. The number of carbonyl (C=O) groups is 2. The molecule has 1 aromatic heterocycles. The van der Waals surface area contributed by atoms with Gasteiger partial charge in [-0.2, -0.15) is 5.10 Å². The summed E-state index contributed by atoms with van der Waals surface area (Å²) in [6.07, 6.45) is 0.712. The average molecular weight is 497 g/mol. The number of benzene rings is 3. The standard InChI is InChI=1S/C30H32N4O3/c1-5-19-33(30(36)24-16-10-12-18-26(24)37-4)20-27(35)31-29-28(23-14-7-6-8-15-23)22(3)32-34(29)25-17-11-9-13-21(25)2/h6-18H,5,19-20H2,1-4H3,(H,31,35). The number of aryl methyl sites for hydroxylation is 2. The van der Waals surface area contributed by atoms with Crippen LogP contribution in [0.1, 0.15) is 35.0 Å². The zero-order valence-electron chi connectivity index (χ0n) is 21.7. The van der Waals surface area contributed by atoms with Gasteiger partial charge in [0.15, 0.2) is 0 Å². The van der Waals surface area contributed by atoms with E-state index < -0.39 is 0 Å². The second-order valence-corrected chi connectivity index (χ2v) is 8.85. The summed E-state index contributed by atoms with van der Waals surface area (Å²) in [5.74, 6) is 0.503. The van der Waals surface area contributed by atoms with Crippen LogP contribution in [0.2, 0.25) is 0 Å². The van der Waals surface area contributed by atoms with Crippen molar-refractivity contribution in [2.75, 3.05) is 25.5 Å². The molecule has 0 fully saturated rings. The minimum Gasteiger partial charge on any atom is -0.496 e. The lowest BCUT2D eigenvalue weighted by atomic mass is 10.1. The lowest BCUT2D eigenvalue weighted by molar-refractivity contribution is -0.116. The minimum absolute atomic E-state index is 0.100. The highest BCUT2D eigenvalue weighted by Crippen LogP contribution is 2.34. The van der Waals surface area contributed by atoms with E-state index in [1.807, 2.05) is 81.4 Å². The van der Waals surface area contributed by atoms with Gasteiger partial charge in [-0.25, -0.2) is 4.68 Å². The second kappa shape index (κ2) is 11.6. The molecule has 2 amide bonds. The third-order valence-electron chi connectivity index (χ3n) is 6.18. The maximum atomic E-state index is 13.5. The monoisotopic (exact) mass is 496 g/mol. The Morgan fingerprint density at radius 3 is 2.32 bits per heavy atom. The molecule has 0 atom stereocenters. The van der Waals surface area contributed by atoms with E-state index in [4.69, 9.17) is 9.84 Å². The summed E-state index contributed by atoms with van der Waals surface area (Å²) in [5, 5.41) is 7.88. The summed E-state index contributed by atoms with van der Waals surface area (Å²) >= 11 is 0. The molecular formula is C30H32N4O3. The zero-order valence-corrected chi connectivity index (χ0v) is 21.7. The molecule has 0 radical (unpaired) electrons. The van der Waals surface area contributed by atoms with Crippen LogP contribution in [0.4, 0.5) is 5.82 Å². The molecular weight excluding hydrogens is 464 g/mol. The van der Waals surface area contributed by atoms with Crippen molar-refractivity contribution in [1.82, 2.24) is 14.7 Å². The average Bonchev–Trinajstić information content (AvgIpc) is 3.23. The second-order valence-electron chi connectivity index (χ2n) is 8.85. The predicted molar refractivity (Wildman–Crippen MR) is 146 cm³/mol. The quantitative estimate of drug-likeness (QED) is 0.325. The number of ether oxygens (including phenoxy) is 1. The van der Waals surface area contributed by atoms with Crippen LogP contribution in [0, 0.1) is 13.8 Å². The minimum atomic E-state index is -0.302. The van der Waals surface area contributed by atoms with Gasteiger partial charge in [0.05, 0.1) is 24.1 Å². The predicted octanol–water partition coefficient (Wildman–Crippen LogP) is 5.66. The molecule has 190 valence electrons. The summed E-state index contributed by atoms with van der Waals surface area (Å²) in [5.41, 5.74) is 4.91. The smallest absolute Gasteiger partial charge is 0.258 e. The molecule has 7 nitrogen and oxygen atoms in total. The van der Waals surface area contributed by atoms with E-state index in [0.717, 1.165) is 28.1 Å². The molecule has 7 heteroatoms. The van der Waals surface area contributed by atoms with Crippen molar-refractivity contribution in [3.05, 3.63) is 95.7 Å². The highest BCUT2D eigenvalue weighted by Gasteiger charge is 2.24. The molecule has 0 spiro atoms. The van der Waals surface area contributed by atoms with Gasteiger partial charge in [-0.3, -0.25) is 9.59 Å². The molecule has 1 N–H and O–H groups in total. The van der Waals surface area contributed by atoms with Gasteiger partial charge in [-0.1, -0.05) is 67.6 Å². The summed E-state index contributed by atoms with van der Waals surface area (Å²) in [6.45, 7) is 6.25. The largest absolute Gasteiger partial charge is 0.496 e. The first-order valence-corrected chi connectivity index (χ1v) is 12.4. The number of amides is 2. The third kappa shape index (κ3) is 5.56. The maximum absolute atomic E-state index is 13.5. The van der Waals surface area contributed by atoms with Crippen LogP contribution in [0.25, 0.3) is 16.8 Å². The highest BCUT2D eigenvalue weighted by molar-refractivity contribution is 6.02. The van der Waals surface area contributed by atoms with Crippen molar-refractivity contribution < 1.29 is 14.3 Å². The van der Waals surface area contributed by atoms with Crippen molar-refractivity contribution in [3.8, 4) is 22.6 Å². The number of hydrogen-bond donors (Lipinski definition) is 1. The number of hydrogen-bond acceptors (Lipinski definition) is 4. The Balaban J connectivity index is 1.70. The van der Waals surface area contributed by atoms with Crippen LogP contribution in [-0.2, 0) is 4.79 Å². The Morgan fingerprint density at radius 1 is 0.946 bits per heavy atom. The molecule has 0 bridgehead atoms. The van der Waals surface area contributed by atoms with Gasteiger partial charge in [0, 0.05) is 12.1 Å². The lowest BCUT2D eigenvalue weighted by Gasteiger charge is -2.23. The summed E-state index contributed by atoms with van der Waals surface area (Å²) in [7, 11) is 1.53. The molecule has 0 aliphatic heterocycles. The number of nitrogens with zero attached hydrogens (tertiary/aromatic N) is 3. The van der Waals surface area contributed by atoms with E-state index in [1.165, 1.54) is 7.11 Å². The number of aromatic nitrogens is 2. The maximum Gasteiger partial charge on any atom is 0.258 e. The van der Waals surface area contributed by atoms with Crippen LogP contribution in [0.3, 0.4) is 0 Å². The Labute approximate surface area is 217 Å². The van der Waals surface area contributed by atoms with Gasteiger partial charge in [0.25, 0.3) is 5.91 Å². The van der Waals surface area contributed by atoms with Crippen LogP contribution >= 0.6 is 0 Å². The van der Waals surface area contributed by atoms with Crippen molar-refractivity contribution >= 4 is 17.6 Å². The highest BCUT2D eigenvalue weighted by atomic mass is 16.5. The lowest BCUT2D eigenvalue weighted by Crippen LogP contribution is -2.39. The topological polar surface area (TPSA) is 76.5 Å². The van der Waals surface area contributed by atoms with Crippen LogP contribution in [-0.4, -0.2) is 46.7 Å². The number of para-hydroxylation sites is 2. The number of rotatable bonds is 9. The van der Waals surface area contributed by atoms with E-state index in [0.29, 0.717) is 30.1 Å². The van der Waals surface area contributed by atoms with Crippen LogP contribution in [0.5, 0.6) is 5.75 Å². The van der Waals surface area contributed by atoms with Crippen molar-refractivity contribution in [2.24, 2.45) is 0 Å². The van der Waals surface area contributed by atoms with E-state index in [1.54, 1.807) is 27.8 Å². The van der Waals surface area contributed by atoms with Gasteiger partial charge < -0.3 is 15.0 Å². The Morgan fingerprint density at radius 2 is 1.62 bits per heavy atom. The normalized spacial score (nSPS) is 10.7. The number of anilines is 1. The molecule has 0 saturated carbocycles. The fourth-order valence-corrected chi connectivity index (χ4v) is 4.43. The Kier molecular flexibility index (Phi) is 8.03. The number of nitrogens with one attached hydrogen (secondary N) is 1. The molecule has 0 saturated heterocycles. The third-order valence-corrected chi connectivity index (χ3v) is 6.18. The van der Waals surface area contributed by atoms with E-state index in [9.17, 15) is 9.59 Å². The van der Waals surface area contributed by atoms with Gasteiger partial charge >= 0.3 is 0 Å². The van der Waals surface area contributed by atoms with Gasteiger partial charge in [-0.15, -0.1) is 0 Å². The van der Waals surface area contributed by atoms with Crippen molar-refractivity contribution in [1.29, 1.82) is 0 Å². The van der Waals surface area contributed by atoms with Crippen molar-refractivity contribution in [2.45, 2.75) is 27.2 Å². The molecule has 0 aliphatic rings.